The highest BCUT2D eigenvalue weighted by Crippen LogP contribution is 2.33. The number of piperidine rings is 1. The van der Waals surface area contributed by atoms with E-state index in [1.807, 2.05) is 7.05 Å². The summed E-state index contributed by atoms with van der Waals surface area (Å²) in [6.07, 6.45) is 0.851. The van der Waals surface area contributed by atoms with Gasteiger partial charge in [-0.1, -0.05) is 0 Å². The first kappa shape index (κ1) is 9.61. The van der Waals surface area contributed by atoms with Crippen LogP contribution in [0.15, 0.2) is 5.10 Å². The van der Waals surface area contributed by atoms with Gasteiger partial charge in [-0.25, -0.2) is 5.01 Å². The average molecular weight is 196 g/mol. The summed E-state index contributed by atoms with van der Waals surface area (Å²) in [6, 6.07) is 0. The van der Waals surface area contributed by atoms with E-state index >= 15 is 0 Å². The van der Waals surface area contributed by atoms with Gasteiger partial charge in [0.1, 0.15) is 5.41 Å². The second-order valence-electron chi connectivity index (χ2n) is 4.15. The number of hydrogen-bond acceptors (Lipinski definition) is 4. The molecule has 2 aliphatic heterocycles. The molecular weight excluding hydrogens is 180 g/mol. The lowest BCUT2D eigenvalue weighted by Gasteiger charge is -2.36. The van der Waals surface area contributed by atoms with E-state index in [9.17, 15) is 4.79 Å². The Balaban J connectivity index is 2.36. The van der Waals surface area contributed by atoms with E-state index < -0.39 is 5.41 Å². The molecule has 5 nitrogen and oxygen atoms in total. The standard InChI is InChI=1S/C9H16N4O/c1-12-4-3-7-9(5-10,6-12)8(14)13(2)11-7/h3-6,10H2,1-2H3. The molecule has 0 bridgehead atoms. The molecule has 1 saturated heterocycles. The molecule has 2 aliphatic rings. The Morgan fingerprint density at radius 3 is 2.93 bits per heavy atom. The van der Waals surface area contributed by atoms with E-state index in [0.29, 0.717) is 13.1 Å². The first-order valence-electron chi connectivity index (χ1n) is 4.85. The van der Waals surface area contributed by atoms with Crippen molar-refractivity contribution in [3.8, 4) is 0 Å². The predicted octanol–water partition coefficient (Wildman–Crippen LogP) is -0.905. The first-order chi connectivity index (χ1) is 6.60. The largest absolute Gasteiger partial charge is 0.329 e. The van der Waals surface area contributed by atoms with Crippen LogP contribution in [0.3, 0.4) is 0 Å². The van der Waals surface area contributed by atoms with Crippen LogP contribution in [0, 0.1) is 5.41 Å². The highest BCUT2D eigenvalue weighted by atomic mass is 16.2. The highest BCUT2D eigenvalue weighted by Gasteiger charge is 2.51. The second kappa shape index (κ2) is 3.03. The third-order valence-corrected chi connectivity index (χ3v) is 3.15. The van der Waals surface area contributed by atoms with Crippen LogP contribution in [0.1, 0.15) is 6.42 Å². The molecule has 0 aromatic rings. The SMILES string of the molecule is CN1CCC2=NN(C)C(=O)C2(CN)C1. The number of hydrogen-bond donors (Lipinski definition) is 1. The van der Waals surface area contributed by atoms with Gasteiger partial charge >= 0.3 is 0 Å². The van der Waals surface area contributed by atoms with Crippen LogP contribution in [0.2, 0.25) is 0 Å². The number of nitrogens with zero attached hydrogens (tertiary/aromatic N) is 3. The Labute approximate surface area is 83.5 Å². The smallest absolute Gasteiger partial charge is 0.256 e. The number of rotatable bonds is 1. The predicted molar refractivity (Wildman–Crippen MR) is 53.8 cm³/mol. The Kier molecular flexibility index (Phi) is 2.08. The number of carbonyl (C=O) groups excluding carboxylic acids is 1. The summed E-state index contributed by atoms with van der Waals surface area (Å²) in [6.45, 7) is 2.02. The second-order valence-corrected chi connectivity index (χ2v) is 4.15. The molecule has 0 radical (unpaired) electrons. The highest BCUT2D eigenvalue weighted by molar-refractivity contribution is 6.13. The number of nitrogens with two attached hydrogens (primary N) is 1. The minimum Gasteiger partial charge on any atom is -0.329 e. The summed E-state index contributed by atoms with van der Waals surface area (Å²) in [4.78, 5) is 14.1. The molecule has 14 heavy (non-hydrogen) atoms. The molecule has 2 rings (SSSR count). The minimum absolute atomic E-state index is 0.0431. The molecular formula is C9H16N4O. The topological polar surface area (TPSA) is 61.9 Å². The van der Waals surface area contributed by atoms with Crippen molar-refractivity contribution in [3.63, 3.8) is 0 Å². The number of hydrazone groups is 1. The zero-order valence-electron chi connectivity index (χ0n) is 8.66. The van der Waals surface area contributed by atoms with Crippen LogP contribution >= 0.6 is 0 Å². The summed E-state index contributed by atoms with van der Waals surface area (Å²) in [5.74, 6) is 0.0431. The molecule has 0 aromatic carbocycles. The maximum atomic E-state index is 11.9. The minimum atomic E-state index is -0.526. The van der Waals surface area contributed by atoms with Gasteiger partial charge in [-0.3, -0.25) is 4.79 Å². The van der Waals surface area contributed by atoms with E-state index in [2.05, 4.69) is 10.0 Å². The Bertz CT molecular complexity index is 301. The number of carbonyl (C=O) groups is 1. The van der Waals surface area contributed by atoms with Crippen LogP contribution < -0.4 is 5.73 Å². The van der Waals surface area contributed by atoms with Crippen molar-refractivity contribution in [2.75, 3.05) is 33.7 Å². The van der Waals surface area contributed by atoms with E-state index in [4.69, 9.17) is 5.73 Å². The van der Waals surface area contributed by atoms with Gasteiger partial charge in [0.2, 0.25) is 0 Å². The van der Waals surface area contributed by atoms with E-state index in [1.165, 1.54) is 5.01 Å². The molecule has 1 atom stereocenters. The fraction of sp³-hybridized carbons (Fsp3) is 0.778. The molecule has 1 unspecified atom stereocenters. The molecule has 1 amide bonds. The van der Waals surface area contributed by atoms with Crippen LogP contribution in [0.25, 0.3) is 0 Å². The quantitative estimate of drug-likeness (QED) is 0.591. The van der Waals surface area contributed by atoms with Crippen LogP contribution in [0.4, 0.5) is 0 Å². The van der Waals surface area contributed by atoms with Gasteiger partial charge in [0.05, 0.1) is 5.71 Å². The fourth-order valence-electron chi connectivity index (χ4n) is 2.31. The fourth-order valence-corrected chi connectivity index (χ4v) is 2.31. The molecule has 1 fully saturated rings. The van der Waals surface area contributed by atoms with Gasteiger partial charge in [-0.15, -0.1) is 0 Å². The van der Waals surface area contributed by atoms with Crippen molar-refractivity contribution in [2.24, 2.45) is 16.3 Å². The van der Waals surface area contributed by atoms with Crippen molar-refractivity contribution in [1.82, 2.24) is 9.91 Å². The summed E-state index contributed by atoms with van der Waals surface area (Å²) < 4.78 is 0. The molecule has 2 heterocycles. The third-order valence-electron chi connectivity index (χ3n) is 3.15. The summed E-state index contributed by atoms with van der Waals surface area (Å²) in [5, 5.41) is 5.69. The van der Waals surface area contributed by atoms with Crippen molar-refractivity contribution >= 4 is 11.6 Å². The number of likely N-dealkylation sites (tertiary alicyclic amines) is 1. The zero-order valence-corrected chi connectivity index (χ0v) is 8.66. The summed E-state index contributed by atoms with van der Waals surface area (Å²) >= 11 is 0. The number of amides is 1. The van der Waals surface area contributed by atoms with Gasteiger partial charge in [0.15, 0.2) is 0 Å². The normalized spacial score (nSPS) is 33.2. The maximum absolute atomic E-state index is 11.9. The van der Waals surface area contributed by atoms with Crippen molar-refractivity contribution in [2.45, 2.75) is 6.42 Å². The lowest BCUT2D eigenvalue weighted by molar-refractivity contribution is -0.135. The molecule has 78 valence electrons. The maximum Gasteiger partial charge on any atom is 0.256 e. The molecule has 0 spiro atoms. The Morgan fingerprint density at radius 1 is 1.57 bits per heavy atom. The van der Waals surface area contributed by atoms with E-state index in [-0.39, 0.29) is 5.91 Å². The number of fused-ring (bicyclic) bond motifs is 1. The van der Waals surface area contributed by atoms with Crippen LogP contribution in [0.5, 0.6) is 0 Å². The van der Waals surface area contributed by atoms with Gasteiger partial charge in [-0.05, 0) is 7.05 Å². The molecule has 0 aliphatic carbocycles. The van der Waals surface area contributed by atoms with Crippen LogP contribution in [-0.4, -0.2) is 55.3 Å². The Hall–Kier alpha value is -0.940. The van der Waals surface area contributed by atoms with Crippen molar-refractivity contribution in [1.29, 1.82) is 0 Å². The lowest BCUT2D eigenvalue weighted by Crippen LogP contribution is -2.55. The monoisotopic (exact) mass is 196 g/mol. The van der Waals surface area contributed by atoms with Gasteiger partial charge < -0.3 is 10.6 Å². The molecule has 5 heteroatoms. The lowest BCUT2D eigenvalue weighted by atomic mass is 9.78. The molecule has 2 N–H and O–H groups in total. The average Bonchev–Trinajstić information content (AvgIpc) is 2.42. The Morgan fingerprint density at radius 2 is 2.29 bits per heavy atom. The summed E-state index contributed by atoms with van der Waals surface area (Å²) in [7, 11) is 3.71. The molecule has 0 aromatic heterocycles. The summed E-state index contributed by atoms with van der Waals surface area (Å²) in [5.41, 5.74) is 6.18. The van der Waals surface area contributed by atoms with Gasteiger partial charge in [-0.2, -0.15) is 5.10 Å². The van der Waals surface area contributed by atoms with Crippen LogP contribution in [-0.2, 0) is 4.79 Å². The van der Waals surface area contributed by atoms with Gasteiger partial charge in [0.25, 0.3) is 5.91 Å². The zero-order chi connectivity index (χ0) is 10.3. The van der Waals surface area contributed by atoms with Crippen molar-refractivity contribution in [3.05, 3.63) is 0 Å². The van der Waals surface area contributed by atoms with E-state index in [1.54, 1.807) is 7.05 Å². The molecule has 0 saturated carbocycles. The first-order valence-corrected chi connectivity index (χ1v) is 4.85. The van der Waals surface area contributed by atoms with Crippen molar-refractivity contribution < 1.29 is 4.79 Å². The third kappa shape index (κ3) is 1.09. The van der Waals surface area contributed by atoms with Gasteiger partial charge in [0, 0.05) is 33.1 Å². The van der Waals surface area contributed by atoms with E-state index in [0.717, 1.165) is 18.7 Å².